The molecule has 1 aliphatic rings. The third-order valence-corrected chi connectivity index (χ3v) is 4.67. The van der Waals surface area contributed by atoms with Crippen LogP contribution in [0.3, 0.4) is 0 Å². The van der Waals surface area contributed by atoms with E-state index < -0.39 is 18.2 Å². The van der Waals surface area contributed by atoms with Crippen molar-refractivity contribution in [2.24, 2.45) is 11.8 Å². The first-order valence-corrected chi connectivity index (χ1v) is 9.69. The molecule has 150 valence electrons. The molecule has 5 nitrogen and oxygen atoms in total. The molecule has 3 N–H and O–H groups in total. The summed E-state index contributed by atoms with van der Waals surface area (Å²) in [5.74, 6) is -1.16. The topological polar surface area (TPSA) is 94.8 Å². The SMILES string of the molecule is CC[C@@H](O)/C=C/[C@H]1[C@H](C/C=C\C/C=C\C/C=C\CCC(=O)O)C(=O)C[C@@H]1O. The standard InChI is InChI=1S/C22H32O5/c1-2-17(23)14-15-19-18(20(24)16-21(19)25)12-10-8-6-4-3-5-7-9-11-13-22(26)27/h3-4,7-10,14-15,17-19,21,23,25H,2,5-6,11-13,16H2,1H3,(H,26,27)/b4-3-,9-7-,10-8-,15-14+/t17-,18+,19+,21+/m1/s1. The molecule has 0 spiro atoms. The molecule has 27 heavy (non-hydrogen) atoms. The molecule has 0 aliphatic heterocycles. The van der Waals surface area contributed by atoms with Crippen molar-refractivity contribution in [2.45, 2.75) is 64.1 Å². The minimum atomic E-state index is -0.784. The highest BCUT2D eigenvalue weighted by atomic mass is 16.4. The summed E-state index contributed by atoms with van der Waals surface area (Å²) < 4.78 is 0. The molecule has 1 saturated carbocycles. The number of aliphatic carboxylic acids is 1. The van der Waals surface area contributed by atoms with Crippen LogP contribution in [-0.4, -0.2) is 39.3 Å². The van der Waals surface area contributed by atoms with Gasteiger partial charge in [0.2, 0.25) is 0 Å². The number of hydrogen-bond donors (Lipinski definition) is 3. The lowest BCUT2D eigenvalue weighted by molar-refractivity contribution is -0.136. The molecule has 1 fully saturated rings. The van der Waals surface area contributed by atoms with Gasteiger partial charge in [0.05, 0.1) is 12.2 Å². The van der Waals surface area contributed by atoms with Gasteiger partial charge in [-0.15, -0.1) is 0 Å². The molecule has 0 unspecified atom stereocenters. The van der Waals surface area contributed by atoms with E-state index in [0.717, 1.165) is 12.8 Å². The van der Waals surface area contributed by atoms with Gasteiger partial charge in [-0.25, -0.2) is 0 Å². The molecule has 1 rings (SSSR count). The maximum atomic E-state index is 12.1. The zero-order valence-corrected chi connectivity index (χ0v) is 16.0. The predicted molar refractivity (Wildman–Crippen MR) is 106 cm³/mol. The van der Waals surface area contributed by atoms with Gasteiger partial charge in [-0.3, -0.25) is 9.59 Å². The van der Waals surface area contributed by atoms with Crippen molar-refractivity contribution in [3.05, 3.63) is 48.6 Å². The van der Waals surface area contributed by atoms with Crippen molar-refractivity contribution >= 4 is 11.8 Å². The second-order valence-corrected chi connectivity index (χ2v) is 6.84. The Bertz CT molecular complexity index is 573. The number of carbonyl (C=O) groups excluding carboxylic acids is 1. The van der Waals surface area contributed by atoms with Gasteiger partial charge in [-0.05, 0) is 32.1 Å². The average molecular weight is 376 g/mol. The van der Waals surface area contributed by atoms with Gasteiger partial charge in [-0.1, -0.05) is 55.5 Å². The van der Waals surface area contributed by atoms with Crippen LogP contribution in [0, 0.1) is 11.8 Å². The normalized spacial score (nSPS) is 24.9. The summed E-state index contributed by atoms with van der Waals surface area (Å²) in [6.45, 7) is 1.88. The van der Waals surface area contributed by atoms with Crippen molar-refractivity contribution < 1.29 is 24.9 Å². The summed E-state index contributed by atoms with van der Waals surface area (Å²) in [5.41, 5.74) is 0. The summed E-state index contributed by atoms with van der Waals surface area (Å²) >= 11 is 0. The molecule has 0 aromatic rings. The summed E-state index contributed by atoms with van der Waals surface area (Å²) in [4.78, 5) is 22.5. The Kier molecular flexibility index (Phi) is 11.3. The summed E-state index contributed by atoms with van der Waals surface area (Å²) in [6.07, 6.45) is 17.7. The Labute approximate surface area is 161 Å². The van der Waals surface area contributed by atoms with Crippen molar-refractivity contribution in [1.82, 2.24) is 0 Å². The number of carboxylic acid groups (broad SMARTS) is 1. The van der Waals surface area contributed by atoms with Crippen LogP contribution in [0.5, 0.6) is 0 Å². The molecular weight excluding hydrogens is 344 g/mol. The van der Waals surface area contributed by atoms with E-state index in [1.165, 1.54) is 0 Å². The number of hydrogen-bond acceptors (Lipinski definition) is 4. The average Bonchev–Trinajstić information content (AvgIpc) is 2.90. The first-order chi connectivity index (χ1) is 13.0. The van der Waals surface area contributed by atoms with E-state index in [1.807, 2.05) is 43.4 Å². The second kappa shape index (κ2) is 13.2. The smallest absolute Gasteiger partial charge is 0.303 e. The maximum absolute atomic E-state index is 12.1. The van der Waals surface area contributed by atoms with Crippen LogP contribution in [0.2, 0.25) is 0 Å². The van der Waals surface area contributed by atoms with Gasteiger partial charge in [0.25, 0.3) is 0 Å². The number of ketones is 1. The third-order valence-electron chi connectivity index (χ3n) is 4.67. The van der Waals surface area contributed by atoms with Gasteiger partial charge >= 0.3 is 5.97 Å². The van der Waals surface area contributed by atoms with E-state index in [0.29, 0.717) is 19.3 Å². The predicted octanol–water partition coefficient (Wildman–Crippen LogP) is 3.58. The molecule has 0 bridgehead atoms. The Hall–Kier alpha value is -1.98. The molecular formula is C22H32O5. The lowest BCUT2D eigenvalue weighted by Gasteiger charge is -2.16. The van der Waals surface area contributed by atoms with Crippen molar-refractivity contribution in [3.63, 3.8) is 0 Å². The highest BCUT2D eigenvalue weighted by molar-refractivity contribution is 5.84. The number of Topliss-reactive ketones (excluding diaryl/α,β-unsaturated/α-hetero) is 1. The number of aliphatic hydroxyl groups is 2. The zero-order chi connectivity index (χ0) is 20.1. The van der Waals surface area contributed by atoms with Gasteiger partial charge in [-0.2, -0.15) is 0 Å². The molecule has 0 radical (unpaired) electrons. The molecule has 5 heteroatoms. The zero-order valence-electron chi connectivity index (χ0n) is 16.0. The fraction of sp³-hybridized carbons (Fsp3) is 0.545. The molecule has 0 aromatic heterocycles. The fourth-order valence-corrected chi connectivity index (χ4v) is 3.03. The largest absolute Gasteiger partial charge is 0.481 e. The van der Waals surface area contributed by atoms with E-state index >= 15 is 0 Å². The van der Waals surface area contributed by atoms with Crippen LogP contribution in [-0.2, 0) is 9.59 Å². The second-order valence-electron chi connectivity index (χ2n) is 6.84. The van der Waals surface area contributed by atoms with E-state index in [4.69, 9.17) is 5.11 Å². The monoisotopic (exact) mass is 376 g/mol. The molecule has 0 heterocycles. The lowest BCUT2D eigenvalue weighted by atomic mass is 9.90. The highest BCUT2D eigenvalue weighted by Gasteiger charge is 2.39. The molecule has 0 saturated heterocycles. The molecule has 1 aliphatic carbocycles. The first-order valence-electron chi connectivity index (χ1n) is 9.69. The summed E-state index contributed by atoms with van der Waals surface area (Å²) in [7, 11) is 0. The van der Waals surface area contributed by atoms with Crippen LogP contribution >= 0.6 is 0 Å². The fourth-order valence-electron chi connectivity index (χ4n) is 3.03. The maximum Gasteiger partial charge on any atom is 0.303 e. The van der Waals surface area contributed by atoms with Crippen LogP contribution in [0.4, 0.5) is 0 Å². The van der Waals surface area contributed by atoms with Crippen LogP contribution in [0.15, 0.2) is 48.6 Å². The number of rotatable bonds is 12. The van der Waals surface area contributed by atoms with Crippen molar-refractivity contribution in [3.8, 4) is 0 Å². The van der Waals surface area contributed by atoms with E-state index in [2.05, 4.69) is 0 Å². The number of aliphatic hydroxyl groups excluding tert-OH is 2. The minimum Gasteiger partial charge on any atom is -0.481 e. The van der Waals surface area contributed by atoms with Gasteiger partial charge in [0.15, 0.2) is 0 Å². The summed E-state index contributed by atoms with van der Waals surface area (Å²) in [5, 5.41) is 28.2. The summed E-state index contributed by atoms with van der Waals surface area (Å²) in [6, 6.07) is 0. The Morgan fingerprint density at radius 2 is 1.78 bits per heavy atom. The highest BCUT2D eigenvalue weighted by Crippen LogP contribution is 2.33. The van der Waals surface area contributed by atoms with Crippen molar-refractivity contribution in [1.29, 1.82) is 0 Å². The van der Waals surface area contributed by atoms with E-state index in [-0.39, 0.29) is 30.5 Å². The van der Waals surface area contributed by atoms with E-state index in [1.54, 1.807) is 12.2 Å². The van der Waals surface area contributed by atoms with Crippen LogP contribution < -0.4 is 0 Å². The van der Waals surface area contributed by atoms with Crippen molar-refractivity contribution in [2.75, 3.05) is 0 Å². The minimum absolute atomic E-state index is 0.0785. The molecule has 0 aromatic carbocycles. The van der Waals surface area contributed by atoms with E-state index in [9.17, 15) is 19.8 Å². The Balaban J connectivity index is 2.35. The Morgan fingerprint density at radius 3 is 2.41 bits per heavy atom. The molecule has 0 amide bonds. The number of allylic oxidation sites excluding steroid dienone is 6. The van der Waals surface area contributed by atoms with Crippen LogP contribution in [0.25, 0.3) is 0 Å². The number of carboxylic acids is 1. The van der Waals surface area contributed by atoms with Crippen LogP contribution in [0.1, 0.15) is 51.9 Å². The quantitative estimate of drug-likeness (QED) is 0.453. The first kappa shape index (κ1) is 23.1. The van der Waals surface area contributed by atoms with Gasteiger partial charge < -0.3 is 15.3 Å². The number of carbonyl (C=O) groups is 2. The third kappa shape index (κ3) is 9.50. The Morgan fingerprint density at radius 1 is 1.15 bits per heavy atom. The molecule has 4 atom stereocenters. The van der Waals surface area contributed by atoms with Gasteiger partial charge in [0.1, 0.15) is 5.78 Å². The lowest BCUT2D eigenvalue weighted by Crippen LogP contribution is -2.18. The van der Waals surface area contributed by atoms with Gasteiger partial charge in [0, 0.05) is 24.7 Å².